The van der Waals surface area contributed by atoms with Crippen LogP contribution in [0.5, 0.6) is 0 Å². The Morgan fingerprint density at radius 1 is 1.07 bits per heavy atom. The lowest BCUT2D eigenvalue weighted by atomic mass is 9.66. The summed E-state index contributed by atoms with van der Waals surface area (Å²) in [4.78, 5) is 0. The third kappa shape index (κ3) is 3.21. The van der Waals surface area contributed by atoms with Crippen molar-refractivity contribution in [3.05, 3.63) is 0 Å². The minimum absolute atomic E-state index is 0.139. The fourth-order valence-corrected chi connectivity index (χ4v) is 3.21. The summed E-state index contributed by atoms with van der Waals surface area (Å²) in [5, 5.41) is 9.75. The summed E-state index contributed by atoms with van der Waals surface area (Å²) < 4.78 is 0. The SMILES string of the molecule is CCC(C)C1CCCCC1C(C)C(C)O. The average molecular weight is 212 g/mol. The quantitative estimate of drug-likeness (QED) is 0.750. The van der Waals surface area contributed by atoms with Crippen LogP contribution < -0.4 is 0 Å². The van der Waals surface area contributed by atoms with Crippen LogP contribution in [0.2, 0.25) is 0 Å². The lowest BCUT2D eigenvalue weighted by Crippen LogP contribution is -2.34. The van der Waals surface area contributed by atoms with Gasteiger partial charge < -0.3 is 5.11 Å². The standard InChI is InChI=1S/C14H28O/c1-5-10(2)13-8-6-7-9-14(13)11(3)12(4)15/h10-15H,5-9H2,1-4H3. The molecule has 90 valence electrons. The molecule has 1 rings (SSSR count). The van der Waals surface area contributed by atoms with Crippen LogP contribution in [-0.4, -0.2) is 11.2 Å². The molecule has 0 aliphatic heterocycles. The Bertz CT molecular complexity index is 176. The molecule has 15 heavy (non-hydrogen) atoms. The molecular weight excluding hydrogens is 184 g/mol. The van der Waals surface area contributed by atoms with Crippen LogP contribution in [-0.2, 0) is 0 Å². The molecule has 1 aliphatic carbocycles. The molecule has 1 fully saturated rings. The zero-order valence-corrected chi connectivity index (χ0v) is 10.9. The van der Waals surface area contributed by atoms with Crippen molar-refractivity contribution >= 4 is 0 Å². The second kappa shape index (κ2) is 5.89. The molecule has 0 radical (unpaired) electrons. The van der Waals surface area contributed by atoms with Gasteiger partial charge in [-0.3, -0.25) is 0 Å². The van der Waals surface area contributed by atoms with Gasteiger partial charge in [0.15, 0.2) is 0 Å². The molecule has 0 bridgehead atoms. The van der Waals surface area contributed by atoms with Crippen molar-refractivity contribution in [1.29, 1.82) is 0 Å². The summed E-state index contributed by atoms with van der Waals surface area (Å²) >= 11 is 0. The largest absolute Gasteiger partial charge is 0.393 e. The van der Waals surface area contributed by atoms with Gasteiger partial charge in [0.2, 0.25) is 0 Å². The molecule has 5 unspecified atom stereocenters. The van der Waals surface area contributed by atoms with Crippen LogP contribution in [0.4, 0.5) is 0 Å². The molecule has 0 aromatic carbocycles. The molecular formula is C14H28O. The van der Waals surface area contributed by atoms with E-state index in [1.54, 1.807) is 0 Å². The highest BCUT2D eigenvalue weighted by Crippen LogP contribution is 2.41. The molecule has 0 spiro atoms. The predicted molar refractivity (Wildman–Crippen MR) is 65.7 cm³/mol. The topological polar surface area (TPSA) is 20.2 Å². The van der Waals surface area contributed by atoms with E-state index in [0.717, 1.165) is 17.8 Å². The van der Waals surface area contributed by atoms with Crippen LogP contribution in [0.25, 0.3) is 0 Å². The Morgan fingerprint density at radius 2 is 1.60 bits per heavy atom. The fraction of sp³-hybridized carbons (Fsp3) is 1.00. The summed E-state index contributed by atoms with van der Waals surface area (Å²) in [6.07, 6.45) is 6.64. The summed E-state index contributed by atoms with van der Waals surface area (Å²) in [6, 6.07) is 0. The summed E-state index contributed by atoms with van der Waals surface area (Å²) in [5.41, 5.74) is 0. The fourth-order valence-electron chi connectivity index (χ4n) is 3.21. The van der Waals surface area contributed by atoms with Gasteiger partial charge in [0, 0.05) is 0 Å². The zero-order chi connectivity index (χ0) is 11.4. The number of rotatable bonds is 4. The molecule has 0 saturated heterocycles. The lowest BCUT2D eigenvalue weighted by molar-refractivity contribution is 0.0368. The van der Waals surface area contributed by atoms with Gasteiger partial charge in [-0.15, -0.1) is 0 Å². The highest BCUT2D eigenvalue weighted by molar-refractivity contribution is 4.83. The highest BCUT2D eigenvalue weighted by Gasteiger charge is 2.33. The molecule has 1 heteroatoms. The van der Waals surface area contributed by atoms with E-state index in [1.165, 1.54) is 32.1 Å². The van der Waals surface area contributed by atoms with Crippen molar-refractivity contribution in [1.82, 2.24) is 0 Å². The third-order valence-electron chi connectivity index (χ3n) is 4.69. The van der Waals surface area contributed by atoms with Gasteiger partial charge in [-0.2, -0.15) is 0 Å². The molecule has 0 amide bonds. The van der Waals surface area contributed by atoms with Crippen molar-refractivity contribution in [2.75, 3.05) is 0 Å². The molecule has 1 aliphatic rings. The minimum Gasteiger partial charge on any atom is -0.393 e. The number of hydrogen-bond acceptors (Lipinski definition) is 1. The van der Waals surface area contributed by atoms with Crippen LogP contribution >= 0.6 is 0 Å². The van der Waals surface area contributed by atoms with Gasteiger partial charge >= 0.3 is 0 Å². The van der Waals surface area contributed by atoms with Crippen LogP contribution in [0.3, 0.4) is 0 Å². The lowest BCUT2D eigenvalue weighted by Gasteiger charge is -2.40. The molecule has 0 heterocycles. The second-order valence-corrected chi connectivity index (χ2v) is 5.60. The molecule has 5 atom stereocenters. The van der Waals surface area contributed by atoms with E-state index >= 15 is 0 Å². The van der Waals surface area contributed by atoms with E-state index in [2.05, 4.69) is 20.8 Å². The van der Waals surface area contributed by atoms with E-state index in [9.17, 15) is 5.11 Å². The van der Waals surface area contributed by atoms with Crippen molar-refractivity contribution in [2.24, 2.45) is 23.7 Å². The monoisotopic (exact) mass is 212 g/mol. The predicted octanol–water partition coefficient (Wildman–Crippen LogP) is 3.86. The molecule has 0 aromatic heterocycles. The van der Waals surface area contributed by atoms with Crippen molar-refractivity contribution in [2.45, 2.75) is 65.9 Å². The Balaban J connectivity index is 2.64. The van der Waals surface area contributed by atoms with Gasteiger partial charge in [-0.25, -0.2) is 0 Å². The average Bonchev–Trinajstić information content (AvgIpc) is 2.27. The molecule has 1 N–H and O–H groups in total. The summed E-state index contributed by atoms with van der Waals surface area (Å²) in [7, 11) is 0. The summed E-state index contributed by atoms with van der Waals surface area (Å²) in [5.74, 6) is 2.92. The molecule has 0 aromatic rings. The Hall–Kier alpha value is -0.0400. The molecule has 1 saturated carbocycles. The number of aliphatic hydroxyl groups excluding tert-OH is 1. The van der Waals surface area contributed by atoms with E-state index in [0.29, 0.717) is 5.92 Å². The smallest absolute Gasteiger partial charge is 0.0540 e. The number of hydrogen-bond donors (Lipinski definition) is 1. The maximum Gasteiger partial charge on any atom is 0.0540 e. The van der Waals surface area contributed by atoms with Crippen LogP contribution in [0.15, 0.2) is 0 Å². The van der Waals surface area contributed by atoms with E-state index < -0.39 is 0 Å². The summed E-state index contributed by atoms with van der Waals surface area (Å²) in [6.45, 7) is 8.87. The van der Waals surface area contributed by atoms with E-state index in [1.807, 2.05) is 6.92 Å². The van der Waals surface area contributed by atoms with Gasteiger partial charge in [0.25, 0.3) is 0 Å². The van der Waals surface area contributed by atoms with Gasteiger partial charge in [0.05, 0.1) is 6.10 Å². The van der Waals surface area contributed by atoms with Gasteiger partial charge in [0.1, 0.15) is 0 Å². The van der Waals surface area contributed by atoms with Crippen molar-refractivity contribution < 1.29 is 5.11 Å². The van der Waals surface area contributed by atoms with Crippen LogP contribution in [0, 0.1) is 23.7 Å². The van der Waals surface area contributed by atoms with Gasteiger partial charge in [-0.1, -0.05) is 40.0 Å². The Kier molecular flexibility index (Phi) is 5.11. The third-order valence-corrected chi connectivity index (χ3v) is 4.69. The first-order chi connectivity index (χ1) is 7.07. The first kappa shape index (κ1) is 13.0. The second-order valence-electron chi connectivity index (χ2n) is 5.60. The highest BCUT2D eigenvalue weighted by atomic mass is 16.3. The van der Waals surface area contributed by atoms with Gasteiger partial charge in [-0.05, 0) is 43.4 Å². The van der Waals surface area contributed by atoms with E-state index in [4.69, 9.17) is 0 Å². The van der Waals surface area contributed by atoms with Crippen LogP contribution in [0.1, 0.15) is 59.8 Å². The minimum atomic E-state index is -0.139. The maximum atomic E-state index is 9.75. The van der Waals surface area contributed by atoms with E-state index in [-0.39, 0.29) is 6.10 Å². The maximum absolute atomic E-state index is 9.75. The normalized spacial score (nSPS) is 33.4. The first-order valence-electron chi connectivity index (χ1n) is 6.76. The molecule has 1 nitrogen and oxygen atoms in total. The first-order valence-corrected chi connectivity index (χ1v) is 6.76. The number of aliphatic hydroxyl groups is 1. The Labute approximate surface area is 95.3 Å². The Morgan fingerprint density at radius 3 is 2.07 bits per heavy atom. The van der Waals surface area contributed by atoms with Crippen molar-refractivity contribution in [3.63, 3.8) is 0 Å². The van der Waals surface area contributed by atoms with Crippen molar-refractivity contribution in [3.8, 4) is 0 Å². The zero-order valence-electron chi connectivity index (χ0n) is 10.9.